The van der Waals surface area contributed by atoms with Crippen LogP contribution in [0.3, 0.4) is 0 Å². The largest absolute Gasteiger partial charge is 0.383 e. The molecule has 30 heavy (non-hydrogen) atoms. The summed E-state index contributed by atoms with van der Waals surface area (Å²) in [6.07, 6.45) is 8.23. The van der Waals surface area contributed by atoms with Crippen molar-refractivity contribution in [1.82, 2.24) is 15.3 Å². The molecule has 0 aromatic carbocycles. The predicted molar refractivity (Wildman–Crippen MR) is 118 cm³/mol. The highest BCUT2D eigenvalue weighted by Crippen LogP contribution is 2.30. The van der Waals surface area contributed by atoms with Crippen LogP contribution in [0.2, 0.25) is 0 Å². The molecule has 0 amide bonds. The van der Waals surface area contributed by atoms with Crippen LogP contribution in [0.5, 0.6) is 0 Å². The molecular formula is C23H32FN5O. The predicted octanol–water partition coefficient (Wildman–Crippen LogP) is 4.06. The summed E-state index contributed by atoms with van der Waals surface area (Å²) in [5.41, 5.74) is 1.11. The number of anilines is 2. The minimum Gasteiger partial charge on any atom is -0.383 e. The quantitative estimate of drug-likeness (QED) is 0.510. The van der Waals surface area contributed by atoms with Gasteiger partial charge in [-0.05, 0) is 62.6 Å². The Morgan fingerprint density at radius 1 is 1.07 bits per heavy atom. The zero-order valence-electron chi connectivity index (χ0n) is 17.7. The molecule has 0 saturated heterocycles. The van der Waals surface area contributed by atoms with Gasteiger partial charge in [0, 0.05) is 37.8 Å². The molecule has 2 aromatic rings. The molecule has 2 saturated carbocycles. The standard InChI is InChI=1S/C23H32FN5O/c1-30-12-11-25-17-7-9-18(10-8-17)28-23-13-19(20(24)15-27-23)21-3-2-4-22(29-21)26-14-16-5-6-16/h2-4,13,15-18,25H,5-12,14H2,1H3,(H,26,29)(H,27,28). The first kappa shape index (κ1) is 21.0. The molecule has 2 aliphatic rings. The van der Waals surface area contributed by atoms with Crippen LogP contribution in [0.25, 0.3) is 11.3 Å². The lowest BCUT2D eigenvalue weighted by molar-refractivity contribution is 0.191. The number of hydrogen-bond donors (Lipinski definition) is 3. The minimum absolute atomic E-state index is 0.349. The molecule has 3 N–H and O–H groups in total. The normalized spacial score (nSPS) is 21.4. The zero-order valence-corrected chi connectivity index (χ0v) is 17.7. The molecule has 162 valence electrons. The number of ether oxygens (including phenoxy) is 1. The van der Waals surface area contributed by atoms with Gasteiger partial charge in [-0.1, -0.05) is 6.07 Å². The molecule has 0 unspecified atom stereocenters. The van der Waals surface area contributed by atoms with Gasteiger partial charge in [-0.15, -0.1) is 0 Å². The summed E-state index contributed by atoms with van der Waals surface area (Å²) in [6, 6.07) is 8.39. The number of nitrogens with one attached hydrogen (secondary N) is 3. The highest BCUT2D eigenvalue weighted by molar-refractivity contribution is 5.65. The number of halogens is 1. The van der Waals surface area contributed by atoms with Crippen LogP contribution in [0.15, 0.2) is 30.5 Å². The number of methoxy groups -OCH3 is 1. The Hall–Kier alpha value is -2.25. The van der Waals surface area contributed by atoms with Crippen LogP contribution in [-0.2, 0) is 4.74 Å². The average molecular weight is 414 g/mol. The highest BCUT2D eigenvalue weighted by Gasteiger charge is 2.22. The van der Waals surface area contributed by atoms with Crippen molar-refractivity contribution in [3.63, 3.8) is 0 Å². The maximum atomic E-state index is 14.5. The van der Waals surface area contributed by atoms with E-state index >= 15 is 0 Å². The fraction of sp³-hybridized carbons (Fsp3) is 0.565. The van der Waals surface area contributed by atoms with Crippen LogP contribution in [0, 0.1) is 11.7 Å². The second-order valence-corrected chi connectivity index (χ2v) is 8.42. The molecule has 0 atom stereocenters. The van der Waals surface area contributed by atoms with E-state index in [2.05, 4.69) is 25.9 Å². The third-order valence-electron chi connectivity index (χ3n) is 5.97. The molecular weight excluding hydrogens is 381 g/mol. The van der Waals surface area contributed by atoms with Gasteiger partial charge in [-0.2, -0.15) is 0 Å². The second kappa shape index (κ2) is 10.2. The first-order valence-corrected chi connectivity index (χ1v) is 11.1. The van der Waals surface area contributed by atoms with E-state index in [0.717, 1.165) is 57.1 Å². The fourth-order valence-electron chi connectivity index (χ4n) is 3.98. The molecule has 2 aromatic heterocycles. The number of nitrogens with zero attached hydrogens (tertiary/aromatic N) is 2. The molecule has 2 fully saturated rings. The van der Waals surface area contributed by atoms with Crippen molar-refractivity contribution in [2.75, 3.05) is 37.4 Å². The topological polar surface area (TPSA) is 71.1 Å². The zero-order chi connectivity index (χ0) is 20.8. The van der Waals surface area contributed by atoms with Gasteiger partial charge < -0.3 is 20.7 Å². The summed E-state index contributed by atoms with van der Waals surface area (Å²) in [4.78, 5) is 8.88. The van der Waals surface area contributed by atoms with Crippen molar-refractivity contribution in [1.29, 1.82) is 0 Å². The van der Waals surface area contributed by atoms with Crippen LogP contribution < -0.4 is 16.0 Å². The van der Waals surface area contributed by atoms with E-state index in [1.165, 1.54) is 19.0 Å². The molecule has 2 heterocycles. The van der Waals surface area contributed by atoms with E-state index in [0.29, 0.717) is 29.2 Å². The van der Waals surface area contributed by atoms with Crippen molar-refractivity contribution >= 4 is 11.6 Å². The Bertz CT molecular complexity index is 821. The Morgan fingerprint density at radius 3 is 2.63 bits per heavy atom. The van der Waals surface area contributed by atoms with Gasteiger partial charge in [-0.25, -0.2) is 14.4 Å². The maximum absolute atomic E-state index is 14.5. The van der Waals surface area contributed by atoms with Gasteiger partial charge in [0.25, 0.3) is 0 Å². The molecule has 4 rings (SSSR count). The summed E-state index contributed by atoms with van der Waals surface area (Å²) in [5, 5.41) is 10.4. The number of pyridine rings is 2. The van der Waals surface area contributed by atoms with Crippen LogP contribution in [-0.4, -0.2) is 48.9 Å². The third kappa shape index (κ3) is 5.89. The summed E-state index contributed by atoms with van der Waals surface area (Å²) in [7, 11) is 1.73. The molecule has 0 aliphatic heterocycles. The summed E-state index contributed by atoms with van der Waals surface area (Å²) < 4.78 is 19.6. The van der Waals surface area contributed by atoms with Gasteiger partial charge in [0.2, 0.25) is 0 Å². The highest BCUT2D eigenvalue weighted by atomic mass is 19.1. The molecule has 7 heteroatoms. The van der Waals surface area contributed by atoms with E-state index < -0.39 is 0 Å². The SMILES string of the molecule is COCCNC1CCC(Nc2cc(-c3cccc(NCC4CC4)n3)c(F)cn2)CC1. The second-order valence-electron chi connectivity index (χ2n) is 8.42. The van der Waals surface area contributed by atoms with E-state index in [4.69, 9.17) is 4.74 Å². The lowest BCUT2D eigenvalue weighted by atomic mass is 9.91. The Labute approximate surface area is 178 Å². The molecule has 0 radical (unpaired) electrons. The van der Waals surface area contributed by atoms with Gasteiger partial charge >= 0.3 is 0 Å². The Kier molecular flexibility index (Phi) is 7.12. The minimum atomic E-state index is -0.349. The van der Waals surface area contributed by atoms with Crippen molar-refractivity contribution in [3.8, 4) is 11.3 Å². The van der Waals surface area contributed by atoms with E-state index in [1.807, 2.05) is 18.2 Å². The first-order chi connectivity index (χ1) is 14.7. The summed E-state index contributed by atoms with van der Waals surface area (Å²) in [6.45, 7) is 2.57. The number of hydrogen-bond acceptors (Lipinski definition) is 6. The molecule has 6 nitrogen and oxygen atoms in total. The van der Waals surface area contributed by atoms with Crippen molar-refractivity contribution in [2.24, 2.45) is 5.92 Å². The fourth-order valence-corrected chi connectivity index (χ4v) is 3.98. The Balaban J connectivity index is 1.36. The van der Waals surface area contributed by atoms with Crippen molar-refractivity contribution in [3.05, 3.63) is 36.3 Å². The third-order valence-corrected chi connectivity index (χ3v) is 5.97. The summed E-state index contributed by atoms with van der Waals surface area (Å²) in [5.74, 6) is 1.91. The van der Waals surface area contributed by atoms with Crippen LogP contribution in [0.4, 0.5) is 16.0 Å². The maximum Gasteiger partial charge on any atom is 0.151 e. The van der Waals surface area contributed by atoms with E-state index in [1.54, 1.807) is 13.2 Å². The van der Waals surface area contributed by atoms with Crippen LogP contribution >= 0.6 is 0 Å². The molecule has 0 spiro atoms. The van der Waals surface area contributed by atoms with Crippen LogP contribution in [0.1, 0.15) is 38.5 Å². The lowest BCUT2D eigenvalue weighted by Gasteiger charge is -2.30. The Morgan fingerprint density at radius 2 is 1.87 bits per heavy atom. The summed E-state index contributed by atoms with van der Waals surface area (Å²) >= 11 is 0. The molecule has 2 aliphatic carbocycles. The van der Waals surface area contributed by atoms with Gasteiger partial charge in [0.05, 0.1) is 18.5 Å². The number of rotatable bonds is 10. The van der Waals surface area contributed by atoms with Gasteiger partial charge in [-0.3, -0.25) is 0 Å². The monoisotopic (exact) mass is 413 g/mol. The van der Waals surface area contributed by atoms with Gasteiger partial charge in [0.1, 0.15) is 11.6 Å². The first-order valence-electron chi connectivity index (χ1n) is 11.1. The van der Waals surface area contributed by atoms with Crippen molar-refractivity contribution < 1.29 is 9.13 Å². The van der Waals surface area contributed by atoms with Crippen molar-refractivity contribution in [2.45, 2.75) is 50.6 Å². The molecule has 0 bridgehead atoms. The lowest BCUT2D eigenvalue weighted by Crippen LogP contribution is -2.38. The van der Waals surface area contributed by atoms with E-state index in [-0.39, 0.29) is 5.82 Å². The van der Waals surface area contributed by atoms with E-state index in [9.17, 15) is 4.39 Å². The van der Waals surface area contributed by atoms with Gasteiger partial charge in [0.15, 0.2) is 5.82 Å². The smallest absolute Gasteiger partial charge is 0.151 e. The number of aromatic nitrogens is 2. The average Bonchev–Trinajstić information content (AvgIpc) is 3.60.